The van der Waals surface area contributed by atoms with Crippen LogP contribution in [0.1, 0.15) is 31.6 Å². The van der Waals surface area contributed by atoms with Crippen LogP contribution in [-0.4, -0.2) is 38.0 Å². The molecule has 3 rings (SSSR count). The van der Waals surface area contributed by atoms with Crippen molar-refractivity contribution < 1.29 is 9.26 Å². The second kappa shape index (κ2) is 5.26. The predicted molar refractivity (Wildman–Crippen MR) is 61.6 cm³/mol. The molecule has 1 N–H and O–H groups in total. The van der Waals surface area contributed by atoms with Gasteiger partial charge in [0.25, 0.3) is 0 Å². The van der Waals surface area contributed by atoms with E-state index in [0.717, 1.165) is 25.9 Å². The number of nitrogens with one attached hydrogen (secondary N) is 1. The molecule has 3 heterocycles. The molecule has 7 heteroatoms. The Hall–Kier alpha value is -1.76. The van der Waals surface area contributed by atoms with Gasteiger partial charge in [-0.1, -0.05) is 5.16 Å². The molecule has 0 spiro atoms. The minimum Gasteiger partial charge on any atom is -0.378 e. The summed E-state index contributed by atoms with van der Waals surface area (Å²) < 4.78 is 10.8. The molecule has 2 aromatic rings. The first-order valence-electron chi connectivity index (χ1n) is 6.22. The number of aromatic amines is 1. The predicted octanol–water partition coefficient (Wildman–Crippen LogP) is 1.36. The van der Waals surface area contributed by atoms with Crippen LogP contribution in [0.5, 0.6) is 0 Å². The van der Waals surface area contributed by atoms with Gasteiger partial charge < -0.3 is 9.26 Å². The number of hydrogen-bond donors (Lipinski definition) is 1. The average molecular weight is 249 g/mol. The van der Waals surface area contributed by atoms with E-state index in [1.165, 1.54) is 19.2 Å². The van der Waals surface area contributed by atoms with Gasteiger partial charge in [0.1, 0.15) is 6.33 Å². The van der Waals surface area contributed by atoms with Gasteiger partial charge in [0.05, 0.1) is 6.10 Å². The second-order valence-corrected chi connectivity index (χ2v) is 4.37. The lowest BCUT2D eigenvalue weighted by atomic mass is 10.0. The monoisotopic (exact) mass is 249 g/mol. The van der Waals surface area contributed by atoms with Crippen LogP contribution in [0.4, 0.5) is 0 Å². The Morgan fingerprint density at radius 3 is 3.17 bits per heavy atom. The zero-order valence-electron chi connectivity index (χ0n) is 10.0. The minimum atomic E-state index is 0.333. The average Bonchev–Trinajstić information content (AvgIpc) is 3.08. The Morgan fingerprint density at radius 1 is 1.39 bits per heavy atom. The van der Waals surface area contributed by atoms with Crippen molar-refractivity contribution in [1.82, 2.24) is 25.3 Å². The Kier molecular flexibility index (Phi) is 3.31. The summed E-state index contributed by atoms with van der Waals surface area (Å²) in [6.45, 7) is 0.873. The quantitative estimate of drug-likeness (QED) is 0.879. The van der Waals surface area contributed by atoms with Crippen molar-refractivity contribution in [3.63, 3.8) is 0 Å². The van der Waals surface area contributed by atoms with Crippen LogP contribution in [-0.2, 0) is 11.2 Å². The number of hydrogen-bond acceptors (Lipinski definition) is 6. The van der Waals surface area contributed by atoms with E-state index in [4.69, 9.17) is 9.26 Å². The fourth-order valence-corrected chi connectivity index (χ4v) is 2.09. The normalized spacial score (nSPS) is 20.1. The summed E-state index contributed by atoms with van der Waals surface area (Å²) in [6, 6.07) is 0. The van der Waals surface area contributed by atoms with Gasteiger partial charge in [0.15, 0.2) is 5.82 Å². The molecule has 2 aromatic heterocycles. The molecule has 0 amide bonds. The number of ether oxygens (including phenoxy) is 1. The summed E-state index contributed by atoms with van der Waals surface area (Å²) in [6.07, 6.45) is 6.97. The Morgan fingerprint density at radius 2 is 2.39 bits per heavy atom. The zero-order chi connectivity index (χ0) is 12.2. The third kappa shape index (κ3) is 2.56. The molecule has 96 valence electrons. The number of rotatable bonds is 4. The van der Waals surface area contributed by atoms with Crippen molar-refractivity contribution in [3.8, 4) is 11.6 Å². The van der Waals surface area contributed by atoms with Crippen LogP contribution in [0.2, 0.25) is 0 Å². The number of aryl methyl sites for hydroxylation is 1. The van der Waals surface area contributed by atoms with Crippen molar-refractivity contribution in [1.29, 1.82) is 0 Å². The third-order valence-electron chi connectivity index (χ3n) is 3.05. The molecule has 0 aliphatic carbocycles. The highest BCUT2D eigenvalue weighted by Gasteiger charge is 2.16. The summed E-state index contributed by atoms with van der Waals surface area (Å²) in [5.41, 5.74) is 0. The van der Waals surface area contributed by atoms with Crippen LogP contribution < -0.4 is 0 Å². The zero-order valence-corrected chi connectivity index (χ0v) is 10.0. The number of H-pyrrole nitrogens is 1. The van der Waals surface area contributed by atoms with Crippen LogP contribution in [0.25, 0.3) is 11.6 Å². The Labute approximate surface area is 104 Å². The molecule has 1 unspecified atom stereocenters. The van der Waals surface area contributed by atoms with Gasteiger partial charge in [-0.25, -0.2) is 4.98 Å². The Bertz CT molecular complexity index is 475. The standard InChI is InChI=1S/C11H15N5O2/c1-2-6-17-8(3-1)4-5-9-14-11(16-18-9)10-12-7-13-15-10/h7-8H,1-6H2,(H,12,13,15). The van der Waals surface area contributed by atoms with Crippen LogP contribution in [0, 0.1) is 0 Å². The van der Waals surface area contributed by atoms with E-state index >= 15 is 0 Å². The third-order valence-corrected chi connectivity index (χ3v) is 3.05. The maximum absolute atomic E-state index is 5.66. The molecule has 18 heavy (non-hydrogen) atoms. The van der Waals surface area contributed by atoms with E-state index in [-0.39, 0.29) is 0 Å². The maximum atomic E-state index is 5.66. The summed E-state index contributed by atoms with van der Waals surface area (Å²) in [5.74, 6) is 1.60. The van der Waals surface area contributed by atoms with Crippen molar-refractivity contribution in [2.75, 3.05) is 6.61 Å². The van der Waals surface area contributed by atoms with Gasteiger partial charge in [-0.2, -0.15) is 10.1 Å². The topological polar surface area (TPSA) is 89.7 Å². The van der Waals surface area contributed by atoms with Crippen molar-refractivity contribution in [2.45, 2.75) is 38.2 Å². The molecule has 1 atom stereocenters. The van der Waals surface area contributed by atoms with Gasteiger partial charge >= 0.3 is 0 Å². The lowest BCUT2D eigenvalue weighted by Crippen LogP contribution is -2.19. The first kappa shape index (κ1) is 11.3. The smallest absolute Gasteiger partial charge is 0.239 e. The van der Waals surface area contributed by atoms with Crippen molar-refractivity contribution >= 4 is 0 Å². The van der Waals surface area contributed by atoms with Crippen LogP contribution >= 0.6 is 0 Å². The SMILES string of the molecule is c1n[nH]c(-c2noc(CCC3CCCCO3)n2)n1. The summed E-state index contributed by atoms with van der Waals surface area (Å²) in [5, 5.41) is 10.3. The van der Waals surface area contributed by atoms with Crippen molar-refractivity contribution in [2.24, 2.45) is 0 Å². The fourth-order valence-electron chi connectivity index (χ4n) is 2.09. The lowest BCUT2D eigenvalue weighted by Gasteiger charge is -2.21. The Balaban J connectivity index is 1.57. The molecular formula is C11H15N5O2. The van der Waals surface area contributed by atoms with Crippen LogP contribution in [0.15, 0.2) is 10.9 Å². The molecule has 0 aromatic carbocycles. The van der Waals surface area contributed by atoms with E-state index in [1.807, 2.05) is 0 Å². The lowest BCUT2D eigenvalue weighted by molar-refractivity contribution is 0.0104. The summed E-state index contributed by atoms with van der Waals surface area (Å²) in [4.78, 5) is 8.24. The highest BCUT2D eigenvalue weighted by atomic mass is 16.5. The van der Waals surface area contributed by atoms with E-state index in [1.54, 1.807) is 0 Å². The molecular weight excluding hydrogens is 234 g/mol. The van der Waals surface area contributed by atoms with Gasteiger partial charge in [-0.05, 0) is 25.7 Å². The van der Waals surface area contributed by atoms with Gasteiger partial charge in [0.2, 0.25) is 11.7 Å². The van der Waals surface area contributed by atoms with E-state index < -0.39 is 0 Å². The number of nitrogens with zero attached hydrogens (tertiary/aromatic N) is 4. The van der Waals surface area contributed by atoms with Gasteiger partial charge in [-0.15, -0.1) is 0 Å². The molecule has 1 fully saturated rings. The van der Waals surface area contributed by atoms with E-state index in [0.29, 0.717) is 23.6 Å². The van der Waals surface area contributed by atoms with E-state index in [9.17, 15) is 0 Å². The molecule has 7 nitrogen and oxygen atoms in total. The molecule has 1 aliphatic heterocycles. The highest BCUT2D eigenvalue weighted by Crippen LogP contribution is 2.18. The highest BCUT2D eigenvalue weighted by molar-refractivity contribution is 5.39. The molecule has 0 radical (unpaired) electrons. The van der Waals surface area contributed by atoms with E-state index in [2.05, 4.69) is 25.3 Å². The first-order valence-corrected chi connectivity index (χ1v) is 6.22. The van der Waals surface area contributed by atoms with Crippen molar-refractivity contribution in [3.05, 3.63) is 12.2 Å². The van der Waals surface area contributed by atoms with Crippen LogP contribution in [0.3, 0.4) is 0 Å². The largest absolute Gasteiger partial charge is 0.378 e. The maximum Gasteiger partial charge on any atom is 0.239 e. The summed E-state index contributed by atoms with van der Waals surface area (Å²) in [7, 11) is 0. The first-order chi connectivity index (χ1) is 8.92. The summed E-state index contributed by atoms with van der Waals surface area (Å²) >= 11 is 0. The fraction of sp³-hybridized carbons (Fsp3) is 0.636. The number of aromatic nitrogens is 5. The molecule has 0 saturated carbocycles. The molecule has 0 bridgehead atoms. The van der Waals surface area contributed by atoms with Gasteiger partial charge in [0, 0.05) is 13.0 Å². The van der Waals surface area contributed by atoms with Gasteiger partial charge in [-0.3, -0.25) is 5.10 Å². The molecule has 1 saturated heterocycles. The second-order valence-electron chi connectivity index (χ2n) is 4.37. The minimum absolute atomic E-state index is 0.333. The molecule has 1 aliphatic rings.